The largest absolute Gasteiger partial charge is 0.487 e. The van der Waals surface area contributed by atoms with E-state index in [0.29, 0.717) is 17.8 Å². The third-order valence-electron chi connectivity index (χ3n) is 4.26. The molecule has 0 aliphatic rings. The van der Waals surface area contributed by atoms with Crippen LogP contribution in [0.4, 0.5) is 8.78 Å². The number of halogens is 2. The minimum absolute atomic E-state index is 0.0405. The van der Waals surface area contributed by atoms with E-state index in [4.69, 9.17) is 4.74 Å². The molecule has 0 atom stereocenters. The van der Waals surface area contributed by atoms with Crippen LogP contribution in [0.15, 0.2) is 48.0 Å². The Morgan fingerprint density at radius 1 is 1.18 bits per heavy atom. The van der Waals surface area contributed by atoms with Crippen LogP contribution in [0.5, 0.6) is 5.75 Å². The minimum Gasteiger partial charge on any atom is -0.487 e. The highest BCUT2D eigenvalue weighted by atomic mass is 19.1. The third-order valence-corrected chi connectivity index (χ3v) is 4.26. The molecular formula is C21H19F2N3O2. The first kappa shape index (κ1) is 19.4. The topological polar surface area (TPSA) is 57.0 Å². The number of ether oxygens (including phenoxy) is 1. The fourth-order valence-corrected chi connectivity index (χ4v) is 2.85. The van der Waals surface area contributed by atoms with E-state index in [9.17, 15) is 13.6 Å². The number of pyridine rings is 3. The fraction of sp³-hybridized carbons (Fsp3) is 0.190. The highest BCUT2D eigenvalue weighted by Gasteiger charge is 2.12. The molecule has 3 rings (SSSR count). The molecule has 7 heteroatoms. The molecule has 144 valence electrons. The lowest BCUT2D eigenvalue weighted by Gasteiger charge is -2.16. The number of hydrogen-bond donors (Lipinski definition) is 0. The summed E-state index contributed by atoms with van der Waals surface area (Å²) in [5, 5.41) is 0. The first-order chi connectivity index (χ1) is 13.4. The molecule has 0 aromatic carbocycles. The van der Waals surface area contributed by atoms with Gasteiger partial charge in [-0.25, -0.2) is 8.78 Å². The summed E-state index contributed by atoms with van der Waals surface area (Å²) in [6.45, 7) is 7.26. The maximum absolute atomic E-state index is 13.7. The van der Waals surface area contributed by atoms with Crippen LogP contribution in [0.2, 0.25) is 0 Å². The summed E-state index contributed by atoms with van der Waals surface area (Å²) in [5.74, 6) is -1.28. The van der Waals surface area contributed by atoms with E-state index in [-0.39, 0.29) is 23.6 Å². The molecule has 0 aliphatic carbocycles. The zero-order valence-corrected chi connectivity index (χ0v) is 15.6. The maximum Gasteiger partial charge on any atom is 0.259 e. The van der Waals surface area contributed by atoms with Crippen molar-refractivity contribution >= 4 is 6.08 Å². The first-order valence-corrected chi connectivity index (χ1v) is 8.71. The van der Waals surface area contributed by atoms with Gasteiger partial charge in [0.2, 0.25) is 0 Å². The molecule has 0 fully saturated rings. The number of aryl methyl sites for hydroxylation is 2. The molecule has 0 aliphatic heterocycles. The molecule has 0 radical (unpaired) electrons. The zero-order valence-electron chi connectivity index (χ0n) is 15.6. The molecule has 3 heterocycles. The van der Waals surface area contributed by atoms with Gasteiger partial charge in [-0.1, -0.05) is 13.5 Å². The van der Waals surface area contributed by atoms with E-state index in [1.54, 1.807) is 35.9 Å². The van der Waals surface area contributed by atoms with Gasteiger partial charge in [-0.15, -0.1) is 0 Å². The van der Waals surface area contributed by atoms with Crippen molar-refractivity contribution < 1.29 is 13.5 Å². The van der Waals surface area contributed by atoms with Gasteiger partial charge in [0, 0.05) is 30.1 Å². The van der Waals surface area contributed by atoms with E-state index in [2.05, 4.69) is 16.5 Å². The molecule has 0 N–H and O–H groups in total. The summed E-state index contributed by atoms with van der Waals surface area (Å²) < 4.78 is 33.7. The van der Waals surface area contributed by atoms with Crippen LogP contribution in [-0.4, -0.2) is 14.5 Å². The van der Waals surface area contributed by atoms with Crippen molar-refractivity contribution in [2.45, 2.75) is 26.9 Å². The average molecular weight is 383 g/mol. The number of hydrogen-bond acceptors (Lipinski definition) is 4. The second-order valence-corrected chi connectivity index (χ2v) is 6.17. The molecule has 0 unspecified atom stereocenters. The second-order valence-electron chi connectivity index (χ2n) is 6.17. The standard InChI is InChI=1S/C21H19F2N3O2/c1-4-14-10-24-16(5-2)8-20(14)26-13(3)6-17(9-21(26)27)28-12-19-18(23)7-15(22)11-25-19/h5-11H,2,4,12H2,1,3H3. The van der Waals surface area contributed by atoms with Gasteiger partial charge in [0.1, 0.15) is 23.9 Å². The SMILES string of the molecule is C=Cc1cc(-n2c(C)cc(OCc3ncc(F)cc3F)cc2=O)c(CC)cn1. The first-order valence-electron chi connectivity index (χ1n) is 8.71. The second kappa shape index (κ2) is 8.12. The Morgan fingerprint density at radius 3 is 2.61 bits per heavy atom. The van der Waals surface area contributed by atoms with Gasteiger partial charge in [0.15, 0.2) is 5.82 Å². The van der Waals surface area contributed by atoms with Gasteiger partial charge in [0.25, 0.3) is 5.56 Å². The summed E-state index contributed by atoms with van der Waals surface area (Å²) in [6, 6.07) is 5.54. The highest BCUT2D eigenvalue weighted by Crippen LogP contribution is 2.20. The quantitative estimate of drug-likeness (QED) is 0.646. The summed E-state index contributed by atoms with van der Waals surface area (Å²) in [5.41, 5.74) is 2.62. The summed E-state index contributed by atoms with van der Waals surface area (Å²) in [4.78, 5) is 20.7. The lowest BCUT2D eigenvalue weighted by Crippen LogP contribution is -2.21. The van der Waals surface area contributed by atoms with Gasteiger partial charge in [-0.3, -0.25) is 19.3 Å². The van der Waals surface area contributed by atoms with E-state index in [1.165, 1.54) is 6.07 Å². The number of nitrogens with zero attached hydrogens (tertiary/aromatic N) is 3. The summed E-state index contributed by atoms with van der Waals surface area (Å²) >= 11 is 0. The van der Waals surface area contributed by atoms with Crippen LogP contribution in [0.3, 0.4) is 0 Å². The minimum atomic E-state index is -0.800. The molecule has 3 aromatic heterocycles. The summed E-state index contributed by atoms with van der Waals surface area (Å²) in [6.07, 6.45) is 4.97. The third kappa shape index (κ3) is 3.98. The Kier molecular flexibility index (Phi) is 5.63. The normalized spacial score (nSPS) is 10.7. The van der Waals surface area contributed by atoms with E-state index >= 15 is 0 Å². The van der Waals surface area contributed by atoms with Crippen LogP contribution in [0, 0.1) is 18.6 Å². The van der Waals surface area contributed by atoms with Crippen molar-refractivity contribution in [2.24, 2.45) is 0 Å². The van der Waals surface area contributed by atoms with Crippen LogP contribution in [-0.2, 0) is 13.0 Å². The molecule has 0 bridgehead atoms. The zero-order chi connectivity index (χ0) is 20.3. The Balaban J connectivity index is 1.93. The fourth-order valence-electron chi connectivity index (χ4n) is 2.85. The molecule has 0 amide bonds. The van der Waals surface area contributed by atoms with Gasteiger partial charge in [-0.2, -0.15) is 0 Å². The molecule has 28 heavy (non-hydrogen) atoms. The van der Waals surface area contributed by atoms with Crippen molar-refractivity contribution in [3.8, 4) is 11.4 Å². The molecule has 5 nitrogen and oxygen atoms in total. The van der Waals surface area contributed by atoms with E-state index in [1.807, 2.05) is 6.92 Å². The van der Waals surface area contributed by atoms with Gasteiger partial charge in [-0.05, 0) is 31.1 Å². The van der Waals surface area contributed by atoms with Gasteiger partial charge < -0.3 is 4.74 Å². The van der Waals surface area contributed by atoms with Crippen LogP contribution in [0.25, 0.3) is 11.8 Å². The van der Waals surface area contributed by atoms with Crippen molar-refractivity contribution in [3.05, 3.63) is 87.9 Å². The van der Waals surface area contributed by atoms with Crippen molar-refractivity contribution in [3.63, 3.8) is 0 Å². The smallest absolute Gasteiger partial charge is 0.259 e. The van der Waals surface area contributed by atoms with E-state index < -0.39 is 11.6 Å². The Bertz CT molecular complexity index is 1090. The highest BCUT2D eigenvalue weighted by molar-refractivity contribution is 5.51. The Labute approximate surface area is 161 Å². The van der Waals surface area contributed by atoms with Crippen molar-refractivity contribution in [1.82, 2.24) is 14.5 Å². The summed E-state index contributed by atoms with van der Waals surface area (Å²) in [7, 11) is 0. The Hall–Kier alpha value is -3.35. The van der Waals surface area contributed by atoms with Crippen molar-refractivity contribution in [2.75, 3.05) is 0 Å². The molecule has 0 saturated heterocycles. The lowest BCUT2D eigenvalue weighted by molar-refractivity contribution is 0.292. The lowest BCUT2D eigenvalue weighted by atomic mass is 10.1. The van der Waals surface area contributed by atoms with Crippen LogP contribution < -0.4 is 10.3 Å². The van der Waals surface area contributed by atoms with Crippen LogP contribution in [0.1, 0.15) is 29.6 Å². The van der Waals surface area contributed by atoms with Crippen molar-refractivity contribution in [1.29, 1.82) is 0 Å². The molecular weight excluding hydrogens is 364 g/mol. The van der Waals surface area contributed by atoms with Gasteiger partial charge in [0.05, 0.1) is 17.6 Å². The number of rotatable bonds is 6. The molecule has 0 saturated carbocycles. The average Bonchev–Trinajstić information content (AvgIpc) is 2.66. The molecule has 3 aromatic rings. The monoisotopic (exact) mass is 383 g/mol. The predicted octanol–water partition coefficient (Wildman–Crippen LogP) is 4.00. The van der Waals surface area contributed by atoms with Gasteiger partial charge >= 0.3 is 0 Å². The molecule has 0 spiro atoms. The van der Waals surface area contributed by atoms with Crippen LogP contribution >= 0.6 is 0 Å². The number of aromatic nitrogens is 3. The Morgan fingerprint density at radius 2 is 1.96 bits per heavy atom. The maximum atomic E-state index is 13.7. The van der Waals surface area contributed by atoms with E-state index in [0.717, 1.165) is 23.5 Å². The predicted molar refractivity (Wildman–Crippen MR) is 103 cm³/mol.